The molecule has 4 heteroatoms. The maximum atomic E-state index is 12.9. The molecule has 0 spiro atoms. The van der Waals surface area contributed by atoms with Gasteiger partial charge >= 0.3 is 0 Å². The lowest BCUT2D eigenvalue weighted by Gasteiger charge is -2.38. The van der Waals surface area contributed by atoms with E-state index in [2.05, 4.69) is 59.7 Å². The van der Waals surface area contributed by atoms with Crippen molar-refractivity contribution in [3.05, 3.63) is 35.4 Å². The van der Waals surface area contributed by atoms with Gasteiger partial charge in [0.15, 0.2) is 0 Å². The maximum absolute atomic E-state index is 12.9. The van der Waals surface area contributed by atoms with Gasteiger partial charge in [-0.1, -0.05) is 37.1 Å². The highest BCUT2D eigenvalue weighted by atomic mass is 16.2. The highest BCUT2D eigenvalue weighted by Crippen LogP contribution is 2.25. The van der Waals surface area contributed by atoms with Crippen LogP contribution in [0.5, 0.6) is 0 Å². The highest BCUT2D eigenvalue weighted by molar-refractivity contribution is 5.78. The fourth-order valence-corrected chi connectivity index (χ4v) is 4.41. The smallest absolute Gasteiger partial charge is 0.236 e. The van der Waals surface area contributed by atoms with E-state index in [1.54, 1.807) is 0 Å². The van der Waals surface area contributed by atoms with E-state index in [-0.39, 0.29) is 0 Å². The van der Waals surface area contributed by atoms with Crippen LogP contribution in [0.3, 0.4) is 0 Å². The Morgan fingerprint density at radius 2 is 1.77 bits per heavy atom. The van der Waals surface area contributed by atoms with E-state index < -0.39 is 0 Å². The predicted molar refractivity (Wildman–Crippen MR) is 107 cm³/mol. The second kappa shape index (κ2) is 9.01. The zero-order chi connectivity index (χ0) is 18.5. The minimum Gasteiger partial charge on any atom is -0.339 e. The lowest BCUT2D eigenvalue weighted by molar-refractivity contribution is -0.135. The number of hydrogen-bond donors (Lipinski definition) is 0. The topological polar surface area (TPSA) is 26.8 Å². The van der Waals surface area contributed by atoms with Crippen LogP contribution in [0.25, 0.3) is 0 Å². The SMILES string of the molecule is Cc1ccccc1CN1CCN(C(=O)CN(C(C)C)C2CCCC2)CC1. The molecular formula is C22H35N3O. The molecular weight excluding hydrogens is 322 g/mol. The van der Waals surface area contributed by atoms with Crippen molar-refractivity contribution in [1.82, 2.24) is 14.7 Å². The number of carbonyl (C=O) groups is 1. The summed E-state index contributed by atoms with van der Waals surface area (Å²) >= 11 is 0. The van der Waals surface area contributed by atoms with Gasteiger partial charge in [-0.2, -0.15) is 0 Å². The Hall–Kier alpha value is -1.39. The number of benzene rings is 1. The Morgan fingerprint density at radius 1 is 1.12 bits per heavy atom. The molecule has 26 heavy (non-hydrogen) atoms. The van der Waals surface area contributed by atoms with Crippen LogP contribution in [0.1, 0.15) is 50.7 Å². The molecule has 0 atom stereocenters. The van der Waals surface area contributed by atoms with E-state index in [1.807, 2.05) is 0 Å². The third-order valence-corrected chi connectivity index (χ3v) is 6.16. The monoisotopic (exact) mass is 357 g/mol. The van der Waals surface area contributed by atoms with E-state index in [0.717, 1.165) is 32.7 Å². The average Bonchev–Trinajstić information content (AvgIpc) is 3.16. The zero-order valence-electron chi connectivity index (χ0n) is 16.8. The summed E-state index contributed by atoms with van der Waals surface area (Å²) in [5.74, 6) is 0.321. The minimum atomic E-state index is 0.321. The van der Waals surface area contributed by atoms with Crippen molar-refractivity contribution in [2.24, 2.45) is 0 Å². The Bertz CT molecular complexity index is 587. The molecule has 2 aliphatic rings. The lowest BCUT2D eigenvalue weighted by atomic mass is 10.1. The number of aryl methyl sites for hydroxylation is 1. The first-order chi connectivity index (χ1) is 12.5. The molecule has 0 aromatic heterocycles. The Kier molecular flexibility index (Phi) is 6.71. The molecule has 1 saturated carbocycles. The number of nitrogens with zero attached hydrogens (tertiary/aromatic N) is 3. The number of carbonyl (C=O) groups excluding carboxylic acids is 1. The lowest BCUT2D eigenvalue weighted by Crippen LogP contribution is -2.52. The molecule has 1 amide bonds. The van der Waals surface area contributed by atoms with Gasteiger partial charge in [0.05, 0.1) is 6.54 Å². The fourth-order valence-electron chi connectivity index (χ4n) is 4.41. The summed E-state index contributed by atoms with van der Waals surface area (Å²) in [7, 11) is 0. The van der Waals surface area contributed by atoms with Crippen LogP contribution in [-0.4, -0.2) is 65.4 Å². The van der Waals surface area contributed by atoms with Gasteiger partial charge in [-0.3, -0.25) is 14.6 Å². The molecule has 1 heterocycles. The molecule has 1 saturated heterocycles. The zero-order valence-corrected chi connectivity index (χ0v) is 16.8. The number of amides is 1. The van der Waals surface area contributed by atoms with Gasteiger partial charge in [0, 0.05) is 44.8 Å². The summed E-state index contributed by atoms with van der Waals surface area (Å²) in [5, 5.41) is 0. The van der Waals surface area contributed by atoms with E-state index in [0.29, 0.717) is 24.5 Å². The standard InChI is InChI=1S/C22H35N3O/c1-18(2)25(21-10-6-7-11-21)17-22(26)24-14-12-23(13-15-24)16-20-9-5-4-8-19(20)3/h4-5,8-9,18,21H,6-7,10-17H2,1-3H3. The first-order valence-corrected chi connectivity index (χ1v) is 10.3. The predicted octanol–water partition coefficient (Wildman–Crippen LogP) is 3.29. The van der Waals surface area contributed by atoms with Crippen molar-refractivity contribution in [3.63, 3.8) is 0 Å². The number of hydrogen-bond acceptors (Lipinski definition) is 3. The van der Waals surface area contributed by atoms with Crippen molar-refractivity contribution in [1.29, 1.82) is 0 Å². The Labute approximate surface area is 159 Å². The van der Waals surface area contributed by atoms with Gasteiger partial charge in [0.2, 0.25) is 5.91 Å². The number of piperazine rings is 1. The molecule has 144 valence electrons. The average molecular weight is 358 g/mol. The van der Waals surface area contributed by atoms with Gasteiger partial charge in [-0.15, -0.1) is 0 Å². The van der Waals surface area contributed by atoms with Crippen molar-refractivity contribution in [2.45, 2.75) is 65.1 Å². The van der Waals surface area contributed by atoms with Crippen LogP contribution in [0, 0.1) is 6.92 Å². The first kappa shape index (κ1) is 19.4. The molecule has 0 N–H and O–H groups in total. The van der Waals surface area contributed by atoms with Crippen LogP contribution in [0.4, 0.5) is 0 Å². The van der Waals surface area contributed by atoms with E-state index in [1.165, 1.54) is 36.8 Å². The van der Waals surface area contributed by atoms with Crippen molar-refractivity contribution < 1.29 is 4.79 Å². The molecule has 1 aliphatic heterocycles. The van der Waals surface area contributed by atoms with Gasteiger partial charge in [-0.25, -0.2) is 0 Å². The summed E-state index contributed by atoms with van der Waals surface area (Å²) in [5.41, 5.74) is 2.76. The molecule has 0 bridgehead atoms. The third kappa shape index (κ3) is 4.86. The van der Waals surface area contributed by atoms with Gasteiger partial charge in [0.25, 0.3) is 0 Å². The second-order valence-corrected chi connectivity index (χ2v) is 8.29. The van der Waals surface area contributed by atoms with Crippen molar-refractivity contribution >= 4 is 5.91 Å². The minimum absolute atomic E-state index is 0.321. The van der Waals surface area contributed by atoms with Crippen LogP contribution >= 0.6 is 0 Å². The molecule has 4 nitrogen and oxygen atoms in total. The summed E-state index contributed by atoms with van der Waals surface area (Å²) < 4.78 is 0. The molecule has 2 fully saturated rings. The molecule has 3 rings (SSSR count). The maximum Gasteiger partial charge on any atom is 0.236 e. The third-order valence-electron chi connectivity index (χ3n) is 6.16. The highest BCUT2D eigenvalue weighted by Gasteiger charge is 2.29. The van der Waals surface area contributed by atoms with E-state index in [9.17, 15) is 4.79 Å². The van der Waals surface area contributed by atoms with E-state index in [4.69, 9.17) is 0 Å². The summed E-state index contributed by atoms with van der Waals surface area (Å²) in [6, 6.07) is 9.67. The normalized spacial score (nSPS) is 19.7. The van der Waals surface area contributed by atoms with E-state index >= 15 is 0 Å². The second-order valence-electron chi connectivity index (χ2n) is 8.29. The molecule has 0 unspecified atom stereocenters. The summed E-state index contributed by atoms with van der Waals surface area (Å²) in [6.07, 6.45) is 5.16. The molecule has 1 aliphatic carbocycles. The van der Waals surface area contributed by atoms with Crippen molar-refractivity contribution in [2.75, 3.05) is 32.7 Å². The Balaban J connectivity index is 1.49. The summed E-state index contributed by atoms with van der Waals surface area (Å²) in [6.45, 7) is 11.9. The first-order valence-electron chi connectivity index (χ1n) is 10.3. The largest absolute Gasteiger partial charge is 0.339 e. The van der Waals surface area contributed by atoms with Gasteiger partial charge < -0.3 is 4.90 Å². The van der Waals surface area contributed by atoms with Gasteiger partial charge in [-0.05, 0) is 44.7 Å². The van der Waals surface area contributed by atoms with Crippen molar-refractivity contribution in [3.8, 4) is 0 Å². The van der Waals surface area contributed by atoms with Gasteiger partial charge in [0.1, 0.15) is 0 Å². The number of rotatable bonds is 6. The molecule has 1 aromatic rings. The quantitative estimate of drug-likeness (QED) is 0.782. The molecule has 0 radical (unpaired) electrons. The van der Waals surface area contributed by atoms with Crippen LogP contribution in [0.15, 0.2) is 24.3 Å². The summed E-state index contributed by atoms with van der Waals surface area (Å²) in [4.78, 5) is 19.9. The van der Waals surface area contributed by atoms with Crippen LogP contribution < -0.4 is 0 Å². The molecule has 1 aromatic carbocycles. The Morgan fingerprint density at radius 3 is 2.38 bits per heavy atom. The van der Waals surface area contributed by atoms with Crippen LogP contribution in [-0.2, 0) is 11.3 Å². The van der Waals surface area contributed by atoms with Crippen LogP contribution in [0.2, 0.25) is 0 Å². The fraction of sp³-hybridized carbons (Fsp3) is 0.682.